The van der Waals surface area contributed by atoms with Crippen LogP contribution in [0.25, 0.3) is 10.9 Å². The van der Waals surface area contributed by atoms with Gasteiger partial charge in [-0.3, -0.25) is 5.43 Å². The summed E-state index contributed by atoms with van der Waals surface area (Å²) in [5.74, 6) is 2.65. The predicted molar refractivity (Wildman–Crippen MR) is 87.8 cm³/mol. The summed E-state index contributed by atoms with van der Waals surface area (Å²) in [6.45, 7) is 3.28. The average molecular weight is 284 g/mol. The number of nitrogens with one attached hydrogen (secondary N) is 2. The van der Waals surface area contributed by atoms with Gasteiger partial charge >= 0.3 is 0 Å². The van der Waals surface area contributed by atoms with E-state index in [-0.39, 0.29) is 0 Å². The number of fused-ring (bicyclic) bond motifs is 1. The highest BCUT2D eigenvalue weighted by molar-refractivity contribution is 7.80. The molecule has 0 aliphatic rings. The van der Waals surface area contributed by atoms with E-state index in [9.17, 15) is 0 Å². The highest BCUT2D eigenvalue weighted by Crippen LogP contribution is 2.19. The molecule has 0 saturated heterocycles. The van der Waals surface area contributed by atoms with Crippen LogP contribution in [0.5, 0.6) is 0 Å². The Hall–Kier alpha value is -2.32. The number of rotatable bonds is 4. The molecule has 1 aromatic carbocycles. The first-order valence-corrected chi connectivity index (χ1v) is 6.75. The molecule has 0 spiro atoms. The Bertz CT molecular complexity index is 679. The van der Waals surface area contributed by atoms with Gasteiger partial charge in [0.2, 0.25) is 0 Å². The third-order valence-corrected chi connectivity index (χ3v) is 3.02. The lowest BCUT2D eigenvalue weighted by Gasteiger charge is -2.02. The Kier molecular flexibility index (Phi) is 4.75. The second-order valence-corrected chi connectivity index (χ2v) is 4.57. The van der Waals surface area contributed by atoms with Crippen LogP contribution in [0, 0.1) is 12.3 Å². The highest BCUT2D eigenvalue weighted by atomic mass is 32.1. The molecule has 2 rings (SSSR count). The van der Waals surface area contributed by atoms with Crippen molar-refractivity contribution in [2.75, 3.05) is 6.54 Å². The summed E-state index contributed by atoms with van der Waals surface area (Å²) in [7, 11) is 0. The monoisotopic (exact) mass is 284 g/mol. The molecule has 102 valence electrons. The van der Waals surface area contributed by atoms with Gasteiger partial charge < -0.3 is 9.88 Å². The fourth-order valence-corrected chi connectivity index (χ4v) is 2.16. The van der Waals surface area contributed by atoms with Gasteiger partial charge in [0.25, 0.3) is 0 Å². The summed E-state index contributed by atoms with van der Waals surface area (Å²) < 4.78 is 2.03. The van der Waals surface area contributed by atoms with E-state index in [1.54, 1.807) is 6.21 Å². The number of nitrogens with zero attached hydrogens (tertiary/aromatic N) is 2. The van der Waals surface area contributed by atoms with Gasteiger partial charge in [-0.1, -0.05) is 24.1 Å². The summed E-state index contributed by atoms with van der Waals surface area (Å²) >= 11 is 5.04. The number of hydrogen-bond donors (Lipinski definition) is 2. The summed E-state index contributed by atoms with van der Waals surface area (Å²) in [4.78, 5) is 0. The molecule has 1 aromatic heterocycles. The van der Waals surface area contributed by atoms with Gasteiger partial charge in [0, 0.05) is 29.2 Å². The lowest BCUT2D eigenvalue weighted by Crippen LogP contribution is -2.31. The van der Waals surface area contributed by atoms with Crippen molar-refractivity contribution in [3.63, 3.8) is 0 Å². The van der Waals surface area contributed by atoms with Crippen LogP contribution >= 0.6 is 12.2 Å². The summed E-state index contributed by atoms with van der Waals surface area (Å²) in [5.41, 5.74) is 4.88. The minimum absolute atomic E-state index is 0.510. The lowest BCUT2D eigenvalue weighted by molar-refractivity contribution is 0.885. The number of benzene rings is 1. The SMILES string of the molecule is C#CCn1cc(/C=N\NC(=S)NCC)c2ccccc21. The van der Waals surface area contributed by atoms with Gasteiger partial charge in [-0.25, -0.2) is 0 Å². The maximum absolute atomic E-state index is 5.39. The zero-order valence-electron chi connectivity index (χ0n) is 11.3. The van der Waals surface area contributed by atoms with Crippen LogP contribution in [-0.2, 0) is 6.54 Å². The van der Waals surface area contributed by atoms with Gasteiger partial charge in [-0.05, 0) is 25.2 Å². The number of hydrogen-bond acceptors (Lipinski definition) is 2. The number of terminal acetylenes is 1. The summed E-state index contributed by atoms with van der Waals surface area (Å²) in [5, 5.41) is 8.73. The topological polar surface area (TPSA) is 41.4 Å². The molecular formula is C15H16N4S. The molecule has 0 fully saturated rings. The van der Waals surface area contributed by atoms with Crippen molar-refractivity contribution >= 4 is 34.4 Å². The van der Waals surface area contributed by atoms with E-state index < -0.39 is 0 Å². The molecule has 1 heterocycles. The van der Waals surface area contributed by atoms with E-state index in [1.807, 2.05) is 42.0 Å². The van der Waals surface area contributed by atoms with Crippen LogP contribution in [0.4, 0.5) is 0 Å². The van der Waals surface area contributed by atoms with E-state index in [4.69, 9.17) is 18.6 Å². The normalized spacial score (nSPS) is 10.6. The molecule has 0 aliphatic carbocycles. The fraction of sp³-hybridized carbons (Fsp3) is 0.200. The first-order valence-electron chi connectivity index (χ1n) is 6.34. The number of hydrazone groups is 1. The highest BCUT2D eigenvalue weighted by Gasteiger charge is 2.05. The minimum Gasteiger partial charge on any atom is -0.362 e. The molecule has 2 N–H and O–H groups in total. The summed E-state index contributed by atoms with van der Waals surface area (Å²) in [6.07, 6.45) is 9.13. The van der Waals surface area contributed by atoms with E-state index in [1.165, 1.54) is 0 Å². The van der Waals surface area contributed by atoms with E-state index >= 15 is 0 Å². The zero-order chi connectivity index (χ0) is 14.4. The Morgan fingerprint density at radius 2 is 2.30 bits per heavy atom. The number of thiocarbonyl (C=S) groups is 1. The third-order valence-electron chi connectivity index (χ3n) is 2.79. The van der Waals surface area contributed by atoms with Crippen LogP contribution in [-0.4, -0.2) is 22.4 Å². The molecule has 4 nitrogen and oxygen atoms in total. The second-order valence-electron chi connectivity index (χ2n) is 4.16. The smallest absolute Gasteiger partial charge is 0.186 e. The van der Waals surface area contributed by atoms with Crippen molar-refractivity contribution in [2.24, 2.45) is 5.10 Å². The Labute approximate surface area is 123 Å². The number of para-hydroxylation sites is 1. The van der Waals surface area contributed by atoms with E-state index in [2.05, 4.69) is 21.8 Å². The first kappa shape index (κ1) is 14.1. The molecule has 0 radical (unpaired) electrons. The molecule has 0 saturated carbocycles. The molecule has 0 atom stereocenters. The molecular weight excluding hydrogens is 268 g/mol. The van der Waals surface area contributed by atoms with E-state index in [0.29, 0.717) is 11.7 Å². The van der Waals surface area contributed by atoms with Crippen LogP contribution in [0.15, 0.2) is 35.6 Å². The van der Waals surface area contributed by atoms with Crippen molar-refractivity contribution in [3.8, 4) is 12.3 Å². The quantitative estimate of drug-likeness (QED) is 0.391. The largest absolute Gasteiger partial charge is 0.362 e. The Morgan fingerprint density at radius 3 is 3.05 bits per heavy atom. The van der Waals surface area contributed by atoms with Crippen molar-refractivity contribution < 1.29 is 0 Å². The van der Waals surface area contributed by atoms with Crippen molar-refractivity contribution in [3.05, 3.63) is 36.0 Å². The van der Waals surface area contributed by atoms with Crippen molar-refractivity contribution in [1.82, 2.24) is 15.3 Å². The summed E-state index contributed by atoms with van der Waals surface area (Å²) in [6, 6.07) is 8.08. The molecule has 0 aliphatic heterocycles. The van der Waals surface area contributed by atoms with Gasteiger partial charge in [0.1, 0.15) is 0 Å². The Balaban J connectivity index is 2.24. The van der Waals surface area contributed by atoms with Crippen LogP contribution < -0.4 is 10.7 Å². The van der Waals surface area contributed by atoms with Gasteiger partial charge in [0.05, 0.1) is 12.8 Å². The first-order chi connectivity index (χ1) is 9.76. The maximum atomic E-state index is 5.39. The molecule has 20 heavy (non-hydrogen) atoms. The molecule has 0 bridgehead atoms. The second kappa shape index (κ2) is 6.73. The standard InChI is InChI=1S/C15H16N4S/c1-3-9-19-11-12(10-17-18-15(20)16-4-2)13-7-5-6-8-14(13)19/h1,5-8,10-11H,4,9H2,2H3,(H2,16,18,20)/b17-10-. The number of aromatic nitrogens is 1. The molecule has 0 unspecified atom stereocenters. The maximum Gasteiger partial charge on any atom is 0.186 e. The average Bonchev–Trinajstić information content (AvgIpc) is 2.79. The van der Waals surface area contributed by atoms with E-state index in [0.717, 1.165) is 23.0 Å². The molecule has 2 aromatic rings. The van der Waals surface area contributed by atoms with Crippen LogP contribution in [0.1, 0.15) is 12.5 Å². The predicted octanol–water partition coefficient (Wildman–Crippen LogP) is 2.09. The van der Waals surface area contributed by atoms with Crippen LogP contribution in [0.2, 0.25) is 0 Å². The van der Waals surface area contributed by atoms with Gasteiger partial charge in [-0.2, -0.15) is 5.10 Å². The van der Waals surface area contributed by atoms with Gasteiger partial charge in [0.15, 0.2) is 5.11 Å². The third kappa shape index (κ3) is 3.16. The van der Waals surface area contributed by atoms with Crippen LogP contribution in [0.3, 0.4) is 0 Å². The molecule has 5 heteroatoms. The van der Waals surface area contributed by atoms with Crippen molar-refractivity contribution in [2.45, 2.75) is 13.5 Å². The van der Waals surface area contributed by atoms with Gasteiger partial charge in [-0.15, -0.1) is 6.42 Å². The molecule has 0 amide bonds. The fourth-order valence-electron chi connectivity index (χ4n) is 1.97. The zero-order valence-corrected chi connectivity index (χ0v) is 12.1. The Morgan fingerprint density at radius 1 is 1.50 bits per heavy atom. The minimum atomic E-state index is 0.510. The van der Waals surface area contributed by atoms with Crippen molar-refractivity contribution in [1.29, 1.82) is 0 Å². The lowest BCUT2D eigenvalue weighted by atomic mass is 10.2.